The fourth-order valence-corrected chi connectivity index (χ4v) is 3.39. The normalized spacial score (nSPS) is 10.4. The van der Waals surface area contributed by atoms with Gasteiger partial charge in [-0.25, -0.2) is 13.2 Å². The second-order valence-electron chi connectivity index (χ2n) is 4.99. The molecular formula is C17H15F3N2O2S2. The van der Waals surface area contributed by atoms with Gasteiger partial charge in [-0.05, 0) is 30.3 Å². The van der Waals surface area contributed by atoms with Crippen molar-refractivity contribution in [3.05, 3.63) is 59.9 Å². The minimum atomic E-state index is -0.945. The van der Waals surface area contributed by atoms with E-state index in [1.807, 2.05) is 0 Å². The van der Waals surface area contributed by atoms with Gasteiger partial charge in [0.1, 0.15) is 5.82 Å². The van der Waals surface area contributed by atoms with Crippen LogP contribution in [0.5, 0.6) is 0 Å². The number of hydrogen-bond acceptors (Lipinski definition) is 4. The van der Waals surface area contributed by atoms with Crippen LogP contribution in [-0.2, 0) is 9.59 Å². The number of amides is 2. The molecule has 9 heteroatoms. The molecule has 4 nitrogen and oxygen atoms in total. The van der Waals surface area contributed by atoms with Gasteiger partial charge < -0.3 is 0 Å². The molecule has 0 spiro atoms. The maximum Gasteiger partial charge on any atom is 0.248 e. The summed E-state index contributed by atoms with van der Waals surface area (Å²) in [4.78, 5) is 24.1. The lowest BCUT2D eigenvalue weighted by Gasteiger charge is -2.08. The smallest absolute Gasteiger partial charge is 0.248 e. The number of hydrogen-bond donors (Lipinski definition) is 2. The average Bonchev–Trinajstić information content (AvgIpc) is 2.62. The van der Waals surface area contributed by atoms with Gasteiger partial charge in [-0.15, -0.1) is 23.5 Å². The van der Waals surface area contributed by atoms with Crippen LogP contribution in [0.3, 0.4) is 0 Å². The lowest BCUT2D eigenvalue weighted by molar-refractivity contribution is -0.127. The molecule has 0 unspecified atom stereocenters. The highest BCUT2D eigenvalue weighted by atomic mass is 32.2. The van der Waals surface area contributed by atoms with E-state index in [1.54, 1.807) is 18.2 Å². The molecule has 0 saturated carbocycles. The first-order chi connectivity index (χ1) is 12.5. The van der Waals surface area contributed by atoms with Crippen LogP contribution in [0.25, 0.3) is 0 Å². The molecule has 0 saturated heterocycles. The van der Waals surface area contributed by atoms with Gasteiger partial charge in [-0.1, -0.05) is 12.1 Å². The molecule has 0 fully saturated rings. The summed E-state index contributed by atoms with van der Waals surface area (Å²) in [5.74, 6) is -2.91. The first-order valence-electron chi connectivity index (χ1n) is 7.48. The third-order valence-electron chi connectivity index (χ3n) is 3.03. The van der Waals surface area contributed by atoms with Crippen molar-refractivity contribution in [2.24, 2.45) is 0 Å². The first kappa shape index (κ1) is 20.2. The first-order valence-corrected chi connectivity index (χ1v) is 9.45. The van der Waals surface area contributed by atoms with Gasteiger partial charge in [0.15, 0.2) is 11.6 Å². The molecule has 2 aromatic carbocycles. The Bertz CT molecular complexity index is 790. The Hall–Kier alpha value is -2.13. The van der Waals surface area contributed by atoms with Gasteiger partial charge >= 0.3 is 0 Å². The highest BCUT2D eigenvalue weighted by Crippen LogP contribution is 2.21. The predicted octanol–water partition coefficient (Wildman–Crippen LogP) is 3.53. The molecule has 0 heterocycles. The van der Waals surface area contributed by atoms with Gasteiger partial charge in [-0.3, -0.25) is 20.4 Å². The SMILES string of the molecule is O=C(CCSc1ccc(F)c(F)c1)NNC(=O)CSc1ccccc1F. The summed E-state index contributed by atoms with van der Waals surface area (Å²) in [5.41, 5.74) is 4.48. The van der Waals surface area contributed by atoms with Crippen LogP contribution >= 0.6 is 23.5 Å². The number of carbonyl (C=O) groups is 2. The van der Waals surface area contributed by atoms with E-state index in [-0.39, 0.29) is 12.2 Å². The minimum Gasteiger partial charge on any atom is -0.273 e. The summed E-state index contributed by atoms with van der Waals surface area (Å²) >= 11 is 2.20. The van der Waals surface area contributed by atoms with E-state index in [9.17, 15) is 22.8 Å². The van der Waals surface area contributed by atoms with Crippen molar-refractivity contribution in [1.29, 1.82) is 0 Å². The molecule has 0 aliphatic rings. The summed E-state index contributed by atoms with van der Waals surface area (Å²) in [6, 6.07) is 9.56. The van der Waals surface area contributed by atoms with Crippen molar-refractivity contribution >= 4 is 35.3 Å². The van der Waals surface area contributed by atoms with Crippen molar-refractivity contribution in [1.82, 2.24) is 10.9 Å². The molecule has 2 rings (SSSR count). The van der Waals surface area contributed by atoms with Gasteiger partial charge in [0.05, 0.1) is 5.75 Å². The number of carbonyl (C=O) groups excluding carboxylic acids is 2. The fourth-order valence-electron chi connectivity index (χ4n) is 1.77. The lowest BCUT2D eigenvalue weighted by atomic mass is 10.3. The molecule has 0 aliphatic heterocycles. The third-order valence-corrected chi connectivity index (χ3v) is 5.07. The van der Waals surface area contributed by atoms with Crippen LogP contribution in [0, 0.1) is 17.5 Å². The van der Waals surface area contributed by atoms with E-state index < -0.39 is 29.3 Å². The van der Waals surface area contributed by atoms with E-state index in [2.05, 4.69) is 10.9 Å². The summed E-state index contributed by atoms with van der Waals surface area (Å²) in [5, 5.41) is 0. The Balaban J connectivity index is 1.64. The number of thioether (sulfide) groups is 2. The summed E-state index contributed by atoms with van der Waals surface area (Å²) in [6.45, 7) is 0. The average molecular weight is 400 g/mol. The monoisotopic (exact) mass is 400 g/mol. The Morgan fingerprint density at radius 2 is 1.58 bits per heavy atom. The van der Waals surface area contributed by atoms with Gasteiger partial charge in [-0.2, -0.15) is 0 Å². The Kier molecular flexibility index (Phi) is 7.86. The molecule has 0 aliphatic carbocycles. The molecule has 0 bridgehead atoms. The summed E-state index contributed by atoms with van der Waals surface area (Å²) in [6.07, 6.45) is 0.0738. The van der Waals surface area contributed by atoms with Crippen molar-refractivity contribution < 1.29 is 22.8 Å². The van der Waals surface area contributed by atoms with E-state index in [0.717, 1.165) is 23.9 Å². The van der Waals surface area contributed by atoms with E-state index in [1.165, 1.54) is 23.9 Å². The van der Waals surface area contributed by atoms with Crippen LogP contribution in [-0.4, -0.2) is 23.3 Å². The maximum absolute atomic E-state index is 13.4. The molecule has 0 aromatic heterocycles. The summed E-state index contributed by atoms with van der Waals surface area (Å²) < 4.78 is 39.3. The molecular weight excluding hydrogens is 385 g/mol. The largest absolute Gasteiger partial charge is 0.273 e. The number of hydrazine groups is 1. The predicted molar refractivity (Wildman–Crippen MR) is 95.1 cm³/mol. The van der Waals surface area contributed by atoms with Crippen LogP contribution in [0.1, 0.15) is 6.42 Å². The minimum absolute atomic E-state index is 0.0508. The van der Waals surface area contributed by atoms with Crippen LogP contribution in [0.4, 0.5) is 13.2 Å². The number of halogens is 3. The van der Waals surface area contributed by atoms with E-state index in [4.69, 9.17) is 0 Å². The van der Waals surface area contributed by atoms with Crippen molar-refractivity contribution in [2.45, 2.75) is 16.2 Å². The summed E-state index contributed by atoms with van der Waals surface area (Å²) in [7, 11) is 0. The Morgan fingerprint density at radius 1 is 0.846 bits per heavy atom. The molecule has 0 radical (unpaired) electrons. The molecule has 26 heavy (non-hydrogen) atoms. The fraction of sp³-hybridized carbons (Fsp3) is 0.176. The highest BCUT2D eigenvalue weighted by Gasteiger charge is 2.08. The van der Waals surface area contributed by atoms with Crippen molar-refractivity contribution in [3.8, 4) is 0 Å². The van der Waals surface area contributed by atoms with E-state index >= 15 is 0 Å². The maximum atomic E-state index is 13.4. The number of rotatable bonds is 7. The standard InChI is InChI=1S/C17H15F3N2O2S2/c18-12-6-5-11(9-14(12)20)25-8-7-16(23)21-22-17(24)10-26-15-4-2-1-3-13(15)19/h1-6,9H,7-8,10H2,(H,21,23)(H,22,24). The molecule has 2 N–H and O–H groups in total. The Labute approximate surface area is 156 Å². The molecule has 0 atom stereocenters. The van der Waals surface area contributed by atoms with Gasteiger partial charge in [0, 0.05) is 22.0 Å². The zero-order chi connectivity index (χ0) is 18.9. The highest BCUT2D eigenvalue weighted by molar-refractivity contribution is 8.00. The lowest BCUT2D eigenvalue weighted by Crippen LogP contribution is -2.42. The Morgan fingerprint density at radius 3 is 2.31 bits per heavy atom. The zero-order valence-corrected chi connectivity index (χ0v) is 15.1. The topological polar surface area (TPSA) is 58.2 Å². The van der Waals surface area contributed by atoms with Crippen LogP contribution in [0.15, 0.2) is 52.3 Å². The zero-order valence-electron chi connectivity index (χ0n) is 13.4. The number of nitrogens with one attached hydrogen (secondary N) is 2. The van der Waals surface area contributed by atoms with Gasteiger partial charge in [0.25, 0.3) is 0 Å². The number of benzene rings is 2. The van der Waals surface area contributed by atoms with Crippen molar-refractivity contribution in [2.75, 3.05) is 11.5 Å². The van der Waals surface area contributed by atoms with E-state index in [0.29, 0.717) is 15.5 Å². The second-order valence-corrected chi connectivity index (χ2v) is 7.18. The quantitative estimate of drug-likeness (QED) is 0.552. The second kappa shape index (κ2) is 10.1. The van der Waals surface area contributed by atoms with Gasteiger partial charge in [0.2, 0.25) is 11.8 Å². The van der Waals surface area contributed by atoms with Crippen LogP contribution < -0.4 is 10.9 Å². The molecule has 2 aromatic rings. The molecule has 138 valence electrons. The van der Waals surface area contributed by atoms with Crippen molar-refractivity contribution in [3.63, 3.8) is 0 Å². The van der Waals surface area contributed by atoms with Crippen LogP contribution in [0.2, 0.25) is 0 Å². The molecule has 2 amide bonds. The third kappa shape index (κ3) is 6.64.